The lowest BCUT2D eigenvalue weighted by molar-refractivity contribution is -0.142. The number of methoxy groups -OCH3 is 2. The third-order valence-corrected chi connectivity index (χ3v) is 3.69. The fraction of sp³-hybridized carbons (Fsp3) is 0.714. The van der Waals surface area contributed by atoms with Crippen LogP contribution >= 0.6 is 0 Å². The van der Waals surface area contributed by atoms with Crippen molar-refractivity contribution < 1.29 is 28.7 Å². The van der Waals surface area contributed by atoms with E-state index >= 15 is 0 Å². The van der Waals surface area contributed by atoms with Gasteiger partial charge < -0.3 is 20.1 Å². The number of rotatable bonds is 6. The van der Waals surface area contributed by atoms with Crippen molar-refractivity contribution in [3.05, 3.63) is 0 Å². The van der Waals surface area contributed by atoms with Gasteiger partial charge in [-0.1, -0.05) is 6.42 Å². The molecule has 8 heteroatoms. The molecule has 0 aromatic heterocycles. The molecule has 0 aromatic rings. The molecule has 0 bridgehead atoms. The van der Waals surface area contributed by atoms with Gasteiger partial charge >= 0.3 is 11.9 Å². The van der Waals surface area contributed by atoms with Gasteiger partial charge in [0.25, 0.3) is 0 Å². The summed E-state index contributed by atoms with van der Waals surface area (Å²) in [6.45, 7) is -0.351. The van der Waals surface area contributed by atoms with E-state index in [0.29, 0.717) is 19.3 Å². The molecular formula is C14H22N2O6. The van der Waals surface area contributed by atoms with Gasteiger partial charge in [-0.15, -0.1) is 0 Å². The summed E-state index contributed by atoms with van der Waals surface area (Å²) in [6.07, 6.45) is 2.49. The molecule has 1 aliphatic carbocycles. The molecular weight excluding hydrogens is 292 g/mol. The van der Waals surface area contributed by atoms with Crippen molar-refractivity contribution in [2.24, 2.45) is 11.8 Å². The predicted molar refractivity (Wildman–Crippen MR) is 75.5 cm³/mol. The number of carbonyl (C=O) groups is 4. The first-order chi connectivity index (χ1) is 10.5. The highest BCUT2D eigenvalue weighted by Gasteiger charge is 2.31. The van der Waals surface area contributed by atoms with E-state index in [-0.39, 0.29) is 36.7 Å². The smallest absolute Gasteiger partial charge is 0.325 e. The van der Waals surface area contributed by atoms with E-state index in [2.05, 4.69) is 20.1 Å². The molecule has 1 rings (SSSR count). The molecule has 2 N–H and O–H groups in total. The molecule has 2 amide bonds. The van der Waals surface area contributed by atoms with Crippen molar-refractivity contribution >= 4 is 23.8 Å². The van der Waals surface area contributed by atoms with Crippen LogP contribution in [0.3, 0.4) is 0 Å². The summed E-state index contributed by atoms with van der Waals surface area (Å²) < 4.78 is 8.90. The molecule has 1 saturated carbocycles. The Hall–Kier alpha value is -2.12. The Morgan fingerprint density at radius 3 is 1.64 bits per heavy atom. The first-order valence-corrected chi connectivity index (χ1v) is 7.17. The van der Waals surface area contributed by atoms with Crippen molar-refractivity contribution in [3.8, 4) is 0 Å². The van der Waals surface area contributed by atoms with Gasteiger partial charge in [0.2, 0.25) is 11.8 Å². The predicted octanol–water partition coefficient (Wildman–Crippen LogP) is -0.629. The van der Waals surface area contributed by atoms with Crippen LogP contribution in [0.15, 0.2) is 0 Å². The Balaban J connectivity index is 2.43. The molecule has 124 valence electrons. The summed E-state index contributed by atoms with van der Waals surface area (Å²) in [5, 5.41) is 5.01. The number of ether oxygens (including phenoxy) is 2. The largest absolute Gasteiger partial charge is 0.468 e. The minimum Gasteiger partial charge on any atom is -0.468 e. The molecule has 0 aliphatic heterocycles. The minimum atomic E-state index is -0.517. The summed E-state index contributed by atoms with van der Waals surface area (Å²) in [7, 11) is 2.49. The maximum Gasteiger partial charge on any atom is 0.325 e. The van der Waals surface area contributed by atoms with Crippen molar-refractivity contribution in [1.29, 1.82) is 0 Å². The summed E-state index contributed by atoms with van der Waals surface area (Å²) in [4.78, 5) is 46.0. The normalized spacial score (nSPS) is 20.6. The number of nitrogens with one attached hydrogen (secondary N) is 2. The summed E-state index contributed by atoms with van der Waals surface area (Å²) in [5.41, 5.74) is 0. The van der Waals surface area contributed by atoms with Crippen molar-refractivity contribution in [2.75, 3.05) is 27.3 Å². The summed E-state index contributed by atoms with van der Waals surface area (Å²) in [6, 6.07) is 0. The van der Waals surface area contributed by atoms with E-state index in [9.17, 15) is 19.2 Å². The van der Waals surface area contributed by atoms with Crippen LogP contribution in [0, 0.1) is 11.8 Å². The number of esters is 2. The second kappa shape index (κ2) is 9.01. The third-order valence-electron chi connectivity index (χ3n) is 3.69. The second-order valence-corrected chi connectivity index (χ2v) is 5.15. The monoisotopic (exact) mass is 314 g/mol. The van der Waals surface area contributed by atoms with Gasteiger partial charge in [-0.2, -0.15) is 0 Å². The highest BCUT2D eigenvalue weighted by molar-refractivity contribution is 5.86. The molecule has 1 aliphatic rings. The van der Waals surface area contributed by atoms with Gasteiger partial charge in [-0.05, 0) is 19.3 Å². The average Bonchev–Trinajstić information content (AvgIpc) is 2.56. The van der Waals surface area contributed by atoms with Crippen LogP contribution in [-0.2, 0) is 28.7 Å². The number of amides is 2. The molecule has 2 atom stereocenters. The fourth-order valence-electron chi connectivity index (χ4n) is 2.42. The van der Waals surface area contributed by atoms with E-state index in [0.717, 1.165) is 6.42 Å². The molecule has 0 heterocycles. The van der Waals surface area contributed by atoms with Crippen LogP contribution in [0.4, 0.5) is 0 Å². The van der Waals surface area contributed by atoms with Gasteiger partial charge in [-0.3, -0.25) is 19.2 Å². The summed E-state index contributed by atoms with van der Waals surface area (Å²) in [5.74, 6) is -2.17. The van der Waals surface area contributed by atoms with E-state index in [1.807, 2.05) is 0 Å². The minimum absolute atomic E-state index is 0.176. The SMILES string of the molecule is COC(=O)CNC(=O)[C@@H]1CCC[C@H](C(=O)NCC(=O)OC)C1. The first kappa shape index (κ1) is 17.9. The van der Waals surface area contributed by atoms with E-state index < -0.39 is 11.9 Å². The Bertz CT molecular complexity index is 399. The standard InChI is InChI=1S/C14H22N2O6/c1-21-11(17)7-15-13(19)9-4-3-5-10(6-9)14(20)16-8-12(18)22-2/h9-10H,3-8H2,1-2H3,(H,15,19)(H,16,20)/t9-,10+. The van der Waals surface area contributed by atoms with Crippen LogP contribution in [-0.4, -0.2) is 51.1 Å². The van der Waals surface area contributed by atoms with Crippen LogP contribution in [0.5, 0.6) is 0 Å². The Kier molecular flexibility index (Phi) is 7.34. The maximum atomic E-state index is 12.0. The molecule has 0 unspecified atom stereocenters. The quantitative estimate of drug-likeness (QED) is 0.632. The topological polar surface area (TPSA) is 111 Å². The fourth-order valence-corrected chi connectivity index (χ4v) is 2.42. The molecule has 0 spiro atoms. The van der Waals surface area contributed by atoms with E-state index in [1.54, 1.807) is 0 Å². The van der Waals surface area contributed by atoms with Gasteiger partial charge in [0.15, 0.2) is 0 Å². The molecule has 1 fully saturated rings. The van der Waals surface area contributed by atoms with E-state index in [4.69, 9.17) is 0 Å². The lowest BCUT2D eigenvalue weighted by Gasteiger charge is -2.27. The number of hydrogen-bond donors (Lipinski definition) is 2. The molecule has 22 heavy (non-hydrogen) atoms. The van der Waals surface area contributed by atoms with Gasteiger partial charge in [-0.25, -0.2) is 0 Å². The molecule has 8 nitrogen and oxygen atoms in total. The lowest BCUT2D eigenvalue weighted by atomic mass is 9.80. The zero-order valence-corrected chi connectivity index (χ0v) is 12.8. The van der Waals surface area contributed by atoms with Crippen LogP contribution < -0.4 is 10.6 Å². The van der Waals surface area contributed by atoms with Gasteiger partial charge in [0.1, 0.15) is 13.1 Å². The number of hydrogen-bond acceptors (Lipinski definition) is 6. The first-order valence-electron chi connectivity index (χ1n) is 7.17. The summed E-state index contributed by atoms with van der Waals surface area (Å²) >= 11 is 0. The highest BCUT2D eigenvalue weighted by atomic mass is 16.5. The Morgan fingerprint density at radius 1 is 0.864 bits per heavy atom. The van der Waals surface area contributed by atoms with Crippen LogP contribution in [0.2, 0.25) is 0 Å². The van der Waals surface area contributed by atoms with Gasteiger partial charge in [0.05, 0.1) is 14.2 Å². The van der Waals surface area contributed by atoms with Crippen molar-refractivity contribution in [1.82, 2.24) is 10.6 Å². The van der Waals surface area contributed by atoms with E-state index in [1.165, 1.54) is 14.2 Å². The number of carbonyl (C=O) groups excluding carboxylic acids is 4. The lowest BCUT2D eigenvalue weighted by Crippen LogP contribution is -2.41. The highest BCUT2D eigenvalue weighted by Crippen LogP contribution is 2.29. The van der Waals surface area contributed by atoms with Gasteiger partial charge in [0, 0.05) is 11.8 Å². The molecule has 0 radical (unpaired) electrons. The van der Waals surface area contributed by atoms with Crippen LogP contribution in [0.25, 0.3) is 0 Å². The zero-order chi connectivity index (χ0) is 16.5. The third kappa shape index (κ3) is 5.71. The van der Waals surface area contributed by atoms with Crippen LogP contribution in [0.1, 0.15) is 25.7 Å². The Morgan fingerprint density at radius 2 is 1.27 bits per heavy atom. The van der Waals surface area contributed by atoms with Crippen molar-refractivity contribution in [3.63, 3.8) is 0 Å². The maximum absolute atomic E-state index is 12.0. The molecule has 0 aromatic carbocycles. The zero-order valence-electron chi connectivity index (χ0n) is 12.8. The van der Waals surface area contributed by atoms with Crippen molar-refractivity contribution in [2.45, 2.75) is 25.7 Å². The average molecular weight is 314 g/mol. The Labute approximate surface area is 128 Å². The molecule has 0 saturated heterocycles. The second-order valence-electron chi connectivity index (χ2n) is 5.15.